The molecule has 0 aliphatic carbocycles. The van der Waals surface area contributed by atoms with Gasteiger partial charge < -0.3 is 9.47 Å². The van der Waals surface area contributed by atoms with Crippen molar-refractivity contribution in [2.45, 2.75) is 13.5 Å². The molecule has 0 atom stereocenters. The normalized spacial score (nSPS) is 15.3. The molecular formula is C20H16ClFINO4S. The van der Waals surface area contributed by atoms with E-state index in [0.29, 0.717) is 23.7 Å². The molecule has 0 aromatic heterocycles. The predicted octanol–water partition coefficient (Wildman–Crippen LogP) is 5.73. The number of hydrogen-bond donors (Lipinski definition) is 0. The minimum Gasteiger partial charge on any atom is -0.492 e. The number of ether oxygens (including phenoxy) is 2. The van der Waals surface area contributed by atoms with Gasteiger partial charge >= 0.3 is 0 Å². The van der Waals surface area contributed by atoms with E-state index in [2.05, 4.69) is 22.6 Å². The third kappa shape index (κ3) is 4.70. The Bertz CT molecular complexity index is 994. The van der Waals surface area contributed by atoms with Crippen molar-refractivity contribution in [1.29, 1.82) is 0 Å². The fourth-order valence-corrected chi connectivity index (χ4v) is 4.67. The number of methoxy groups -OCH3 is 1. The van der Waals surface area contributed by atoms with E-state index in [1.54, 1.807) is 19.3 Å². The molecular weight excluding hydrogens is 532 g/mol. The summed E-state index contributed by atoms with van der Waals surface area (Å²) in [5, 5.41) is -0.312. The SMILES string of the molecule is CCOc1cc(/C=C2\SC(=O)N(Cc3c(F)cccc3Cl)C2=O)cc(I)c1OC. The zero-order valence-corrected chi connectivity index (χ0v) is 19.2. The van der Waals surface area contributed by atoms with Crippen LogP contribution in [0.2, 0.25) is 5.02 Å². The first kappa shape index (κ1) is 21.9. The smallest absolute Gasteiger partial charge is 0.293 e. The topological polar surface area (TPSA) is 55.8 Å². The second kappa shape index (κ2) is 9.36. The van der Waals surface area contributed by atoms with Crippen LogP contribution in [0.25, 0.3) is 6.08 Å². The van der Waals surface area contributed by atoms with Gasteiger partial charge in [-0.05, 0) is 77.2 Å². The van der Waals surface area contributed by atoms with Crippen LogP contribution >= 0.6 is 46.0 Å². The van der Waals surface area contributed by atoms with Crippen LogP contribution in [0.5, 0.6) is 11.5 Å². The number of nitrogens with zero attached hydrogens (tertiary/aromatic N) is 1. The monoisotopic (exact) mass is 547 g/mol. The molecule has 0 bridgehead atoms. The summed E-state index contributed by atoms with van der Waals surface area (Å²) in [6.07, 6.45) is 1.61. The highest BCUT2D eigenvalue weighted by Crippen LogP contribution is 2.38. The second-order valence-electron chi connectivity index (χ2n) is 5.94. The van der Waals surface area contributed by atoms with Gasteiger partial charge in [0.25, 0.3) is 11.1 Å². The van der Waals surface area contributed by atoms with Crippen molar-refractivity contribution in [3.63, 3.8) is 0 Å². The number of rotatable bonds is 6. The molecule has 2 aromatic carbocycles. The quantitative estimate of drug-likeness (QED) is 0.342. The van der Waals surface area contributed by atoms with Crippen molar-refractivity contribution in [3.05, 3.63) is 60.8 Å². The van der Waals surface area contributed by atoms with Gasteiger partial charge in [-0.15, -0.1) is 0 Å². The lowest BCUT2D eigenvalue weighted by Gasteiger charge is -2.14. The Morgan fingerprint density at radius 2 is 2.07 bits per heavy atom. The van der Waals surface area contributed by atoms with Crippen molar-refractivity contribution in [2.24, 2.45) is 0 Å². The maximum Gasteiger partial charge on any atom is 0.293 e. The van der Waals surface area contributed by atoms with Gasteiger partial charge in [0.05, 0.1) is 28.7 Å². The molecule has 0 spiro atoms. The lowest BCUT2D eigenvalue weighted by Crippen LogP contribution is -2.28. The largest absolute Gasteiger partial charge is 0.492 e. The van der Waals surface area contributed by atoms with E-state index in [1.807, 2.05) is 13.0 Å². The molecule has 1 aliphatic heterocycles. The van der Waals surface area contributed by atoms with Crippen LogP contribution in [0, 0.1) is 9.39 Å². The summed E-state index contributed by atoms with van der Waals surface area (Å²) < 4.78 is 25.8. The Morgan fingerprint density at radius 1 is 1.31 bits per heavy atom. The first-order valence-corrected chi connectivity index (χ1v) is 10.8. The van der Waals surface area contributed by atoms with E-state index in [-0.39, 0.29) is 22.0 Å². The van der Waals surface area contributed by atoms with E-state index >= 15 is 0 Å². The summed E-state index contributed by atoms with van der Waals surface area (Å²) in [4.78, 5) is 26.3. The van der Waals surface area contributed by atoms with Crippen LogP contribution in [0.1, 0.15) is 18.1 Å². The molecule has 152 valence electrons. The van der Waals surface area contributed by atoms with Crippen molar-refractivity contribution in [1.82, 2.24) is 4.90 Å². The lowest BCUT2D eigenvalue weighted by molar-refractivity contribution is -0.123. The fourth-order valence-electron chi connectivity index (χ4n) is 2.76. The number of hydrogen-bond acceptors (Lipinski definition) is 5. The number of benzene rings is 2. The molecule has 0 saturated carbocycles. The van der Waals surface area contributed by atoms with Crippen LogP contribution in [0.3, 0.4) is 0 Å². The summed E-state index contributed by atoms with van der Waals surface area (Å²) in [7, 11) is 1.55. The Labute approximate surface area is 190 Å². The molecule has 0 unspecified atom stereocenters. The molecule has 29 heavy (non-hydrogen) atoms. The number of thioether (sulfide) groups is 1. The van der Waals surface area contributed by atoms with Gasteiger partial charge in [-0.3, -0.25) is 14.5 Å². The molecule has 1 aliphatic rings. The molecule has 1 fully saturated rings. The summed E-state index contributed by atoms with van der Waals surface area (Å²) in [5.41, 5.74) is 0.795. The average Bonchev–Trinajstić information content (AvgIpc) is 2.92. The maximum absolute atomic E-state index is 14.1. The predicted molar refractivity (Wildman–Crippen MR) is 120 cm³/mol. The fraction of sp³-hybridized carbons (Fsp3) is 0.200. The van der Waals surface area contributed by atoms with Crippen molar-refractivity contribution >= 4 is 63.2 Å². The van der Waals surface area contributed by atoms with Gasteiger partial charge in [0.1, 0.15) is 5.82 Å². The third-order valence-corrected chi connectivity index (χ3v) is 6.15. The molecule has 5 nitrogen and oxygen atoms in total. The molecule has 9 heteroatoms. The van der Waals surface area contributed by atoms with Crippen LogP contribution in [0.15, 0.2) is 35.2 Å². The zero-order chi connectivity index (χ0) is 21.1. The summed E-state index contributed by atoms with van der Waals surface area (Å²) in [6, 6.07) is 7.79. The number of imide groups is 1. The Balaban J connectivity index is 1.90. The maximum atomic E-state index is 14.1. The standard InChI is InChI=1S/C20H16ClFINO4S/c1-3-28-16-8-11(7-15(23)18(16)27-2)9-17-19(25)24(20(26)29-17)10-12-13(21)5-4-6-14(12)22/h4-9H,3,10H2,1-2H3/b17-9-. The van der Waals surface area contributed by atoms with Crippen LogP contribution < -0.4 is 9.47 Å². The van der Waals surface area contributed by atoms with Crippen molar-refractivity contribution in [2.75, 3.05) is 13.7 Å². The van der Waals surface area contributed by atoms with Crippen molar-refractivity contribution in [3.8, 4) is 11.5 Å². The molecule has 1 heterocycles. The second-order valence-corrected chi connectivity index (χ2v) is 8.50. The van der Waals surface area contributed by atoms with Crippen LogP contribution in [-0.2, 0) is 11.3 Å². The van der Waals surface area contributed by atoms with E-state index in [1.165, 1.54) is 18.2 Å². The van der Waals surface area contributed by atoms with E-state index in [4.69, 9.17) is 21.1 Å². The van der Waals surface area contributed by atoms with Gasteiger partial charge in [-0.25, -0.2) is 4.39 Å². The molecule has 2 amide bonds. The Hall–Kier alpha value is -1.78. The molecule has 3 rings (SSSR count). The number of carbonyl (C=O) groups is 2. The molecule has 0 radical (unpaired) electrons. The Kier molecular flexibility index (Phi) is 7.07. The summed E-state index contributed by atoms with van der Waals surface area (Å²) in [6.45, 7) is 2.09. The molecule has 2 aromatic rings. The van der Waals surface area contributed by atoms with Crippen LogP contribution in [-0.4, -0.2) is 29.8 Å². The molecule has 1 saturated heterocycles. The summed E-state index contributed by atoms with van der Waals surface area (Å²) in [5.74, 6) is 0.0899. The summed E-state index contributed by atoms with van der Waals surface area (Å²) >= 11 is 8.94. The minimum absolute atomic E-state index is 0.107. The minimum atomic E-state index is -0.563. The zero-order valence-electron chi connectivity index (χ0n) is 15.5. The Morgan fingerprint density at radius 3 is 2.72 bits per heavy atom. The number of carbonyl (C=O) groups excluding carboxylic acids is 2. The van der Waals surface area contributed by atoms with Gasteiger partial charge in [0.2, 0.25) is 0 Å². The van der Waals surface area contributed by atoms with E-state index in [9.17, 15) is 14.0 Å². The van der Waals surface area contributed by atoms with E-state index in [0.717, 1.165) is 20.2 Å². The third-order valence-electron chi connectivity index (χ3n) is 4.09. The first-order valence-electron chi connectivity index (χ1n) is 8.54. The van der Waals surface area contributed by atoms with Gasteiger partial charge in [-0.2, -0.15) is 0 Å². The highest BCUT2D eigenvalue weighted by atomic mass is 127. The highest BCUT2D eigenvalue weighted by molar-refractivity contribution is 14.1. The average molecular weight is 548 g/mol. The number of amides is 2. The lowest BCUT2D eigenvalue weighted by atomic mass is 10.1. The van der Waals surface area contributed by atoms with Gasteiger partial charge in [0, 0.05) is 10.6 Å². The first-order chi connectivity index (χ1) is 13.8. The molecule has 0 N–H and O–H groups in total. The number of halogens is 3. The van der Waals surface area contributed by atoms with E-state index < -0.39 is 17.0 Å². The van der Waals surface area contributed by atoms with Crippen molar-refractivity contribution < 1.29 is 23.5 Å². The van der Waals surface area contributed by atoms with Crippen LogP contribution in [0.4, 0.5) is 9.18 Å². The van der Waals surface area contributed by atoms with Gasteiger partial charge in [-0.1, -0.05) is 17.7 Å². The highest BCUT2D eigenvalue weighted by Gasteiger charge is 2.36. The van der Waals surface area contributed by atoms with Gasteiger partial charge in [0.15, 0.2) is 11.5 Å².